The summed E-state index contributed by atoms with van der Waals surface area (Å²) in [5.41, 5.74) is 2.52. The lowest BCUT2D eigenvalue weighted by molar-refractivity contribution is 0.882. The maximum absolute atomic E-state index is 4.32. The summed E-state index contributed by atoms with van der Waals surface area (Å²) in [4.78, 5) is 4.30. The predicted octanol–water partition coefficient (Wildman–Crippen LogP) is 3.12. The molecule has 1 aromatic heterocycles. The maximum atomic E-state index is 4.32. The summed E-state index contributed by atoms with van der Waals surface area (Å²) in [6.07, 6.45) is 2.56. The van der Waals surface area contributed by atoms with E-state index in [0.29, 0.717) is 5.92 Å². The van der Waals surface area contributed by atoms with E-state index < -0.39 is 0 Å². The molecule has 1 fully saturated rings. The molecule has 0 saturated heterocycles. The number of nitrogens with zero attached hydrogens (tertiary/aromatic N) is 4. The van der Waals surface area contributed by atoms with Crippen LogP contribution < -0.4 is 9.80 Å². The molecule has 1 aromatic carbocycles. The lowest BCUT2D eigenvalue weighted by atomic mass is 10.2. The minimum Gasteiger partial charge on any atom is -0.378 e. The Balaban J connectivity index is 1.70. The lowest BCUT2D eigenvalue weighted by Gasteiger charge is -2.17. The van der Waals surface area contributed by atoms with Gasteiger partial charge >= 0.3 is 0 Å². The van der Waals surface area contributed by atoms with Crippen LogP contribution in [0.3, 0.4) is 0 Å². The molecule has 1 heterocycles. The highest BCUT2D eigenvalue weighted by Crippen LogP contribution is 2.42. The van der Waals surface area contributed by atoms with Gasteiger partial charge in [-0.2, -0.15) is 0 Å². The predicted molar refractivity (Wildman–Crippen MR) is 84.8 cm³/mol. The van der Waals surface area contributed by atoms with Crippen LogP contribution in [-0.4, -0.2) is 31.3 Å². The average Bonchev–Trinajstić information content (AvgIpc) is 3.16. The molecule has 3 rings (SSSR count). The SMILES string of the molecule is CN(C)c1cccc(CN(C)c2nnc(C3CC3)s2)c1. The monoisotopic (exact) mass is 288 g/mol. The van der Waals surface area contributed by atoms with Gasteiger partial charge in [0.15, 0.2) is 0 Å². The Morgan fingerprint density at radius 1 is 1.20 bits per heavy atom. The highest BCUT2D eigenvalue weighted by atomic mass is 32.1. The van der Waals surface area contributed by atoms with E-state index >= 15 is 0 Å². The van der Waals surface area contributed by atoms with E-state index in [1.807, 2.05) is 0 Å². The Morgan fingerprint density at radius 2 is 2.00 bits per heavy atom. The Hall–Kier alpha value is -1.62. The Kier molecular flexibility index (Phi) is 3.61. The molecule has 0 unspecified atom stereocenters. The summed E-state index contributed by atoms with van der Waals surface area (Å²) in [5, 5.41) is 10.8. The highest BCUT2D eigenvalue weighted by Gasteiger charge is 2.28. The second-order valence-electron chi connectivity index (χ2n) is 5.62. The van der Waals surface area contributed by atoms with Gasteiger partial charge in [0.25, 0.3) is 0 Å². The van der Waals surface area contributed by atoms with E-state index in [-0.39, 0.29) is 0 Å². The van der Waals surface area contributed by atoms with Crippen LogP contribution in [0.25, 0.3) is 0 Å². The molecule has 0 radical (unpaired) electrons. The van der Waals surface area contributed by atoms with Crippen LogP contribution in [0, 0.1) is 0 Å². The van der Waals surface area contributed by atoms with E-state index in [2.05, 4.69) is 65.4 Å². The first-order valence-corrected chi connectivity index (χ1v) is 7.76. The van der Waals surface area contributed by atoms with Crippen molar-refractivity contribution in [1.29, 1.82) is 0 Å². The van der Waals surface area contributed by atoms with Crippen LogP contribution in [0.4, 0.5) is 10.8 Å². The average molecular weight is 288 g/mol. The summed E-state index contributed by atoms with van der Waals surface area (Å²) >= 11 is 1.73. The number of hydrogen-bond donors (Lipinski definition) is 0. The third kappa shape index (κ3) is 2.93. The van der Waals surface area contributed by atoms with Gasteiger partial charge in [0.05, 0.1) is 0 Å². The number of hydrogen-bond acceptors (Lipinski definition) is 5. The van der Waals surface area contributed by atoms with Gasteiger partial charge in [-0.3, -0.25) is 0 Å². The van der Waals surface area contributed by atoms with Crippen LogP contribution >= 0.6 is 11.3 Å². The van der Waals surface area contributed by atoms with Crippen LogP contribution in [-0.2, 0) is 6.54 Å². The van der Waals surface area contributed by atoms with Crippen LogP contribution in [0.1, 0.15) is 29.3 Å². The summed E-state index contributed by atoms with van der Waals surface area (Å²) in [5.74, 6) is 0.687. The van der Waals surface area contributed by atoms with Crippen molar-refractivity contribution in [1.82, 2.24) is 10.2 Å². The van der Waals surface area contributed by atoms with Crippen molar-refractivity contribution in [3.8, 4) is 0 Å². The van der Waals surface area contributed by atoms with Crippen LogP contribution in [0.15, 0.2) is 24.3 Å². The fourth-order valence-corrected chi connectivity index (χ4v) is 3.12. The molecule has 1 aliphatic carbocycles. The molecule has 0 spiro atoms. The third-order valence-corrected chi connectivity index (χ3v) is 4.73. The summed E-state index contributed by atoms with van der Waals surface area (Å²) in [6, 6.07) is 8.61. The van der Waals surface area contributed by atoms with Gasteiger partial charge in [0, 0.05) is 39.3 Å². The standard InChI is InChI=1S/C15H20N4S/c1-18(2)13-6-4-5-11(9-13)10-19(3)15-17-16-14(20-15)12-7-8-12/h4-6,9,12H,7-8,10H2,1-3H3. The zero-order valence-corrected chi connectivity index (χ0v) is 13.0. The zero-order valence-electron chi connectivity index (χ0n) is 12.2. The van der Waals surface area contributed by atoms with Crippen LogP contribution in [0.2, 0.25) is 0 Å². The Labute approximate surface area is 124 Å². The van der Waals surface area contributed by atoms with E-state index in [1.54, 1.807) is 11.3 Å². The molecular weight excluding hydrogens is 268 g/mol. The highest BCUT2D eigenvalue weighted by molar-refractivity contribution is 7.15. The first-order chi connectivity index (χ1) is 9.63. The van der Waals surface area contributed by atoms with Crippen LogP contribution in [0.5, 0.6) is 0 Å². The number of anilines is 2. The van der Waals surface area contributed by atoms with Crippen molar-refractivity contribution in [2.24, 2.45) is 0 Å². The van der Waals surface area contributed by atoms with Crippen molar-refractivity contribution in [2.75, 3.05) is 30.9 Å². The minimum absolute atomic E-state index is 0.687. The van der Waals surface area contributed by atoms with Gasteiger partial charge in [0.1, 0.15) is 5.01 Å². The fourth-order valence-electron chi connectivity index (χ4n) is 2.15. The molecule has 4 nitrogen and oxygen atoms in total. The Bertz CT molecular complexity index is 589. The molecule has 0 atom stereocenters. The molecule has 5 heteroatoms. The van der Waals surface area contributed by atoms with Gasteiger partial charge in [-0.1, -0.05) is 23.5 Å². The molecule has 106 valence electrons. The maximum Gasteiger partial charge on any atom is 0.208 e. The van der Waals surface area contributed by atoms with E-state index in [1.165, 1.54) is 29.1 Å². The normalized spacial score (nSPS) is 14.3. The van der Waals surface area contributed by atoms with Crippen molar-refractivity contribution in [2.45, 2.75) is 25.3 Å². The molecular formula is C15H20N4S. The number of benzene rings is 1. The van der Waals surface area contributed by atoms with Gasteiger partial charge < -0.3 is 9.80 Å². The summed E-state index contributed by atoms with van der Waals surface area (Å²) in [7, 11) is 6.21. The lowest BCUT2D eigenvalue weighted by Crippen LogP contribution is -2.16. The fraction of sp³-hybridized carbons (Fsp3) is 0.467. The number of aromatic nitrogens is 2. The smallest absolute Gasteiger partial charge is 0.208 e. The van der Waals surface area contributed by atoms with Gasteiger partial charge in [-0.05, 0) is 30.5 Å². The van der Waals surface area contributed by atoms with E-state index in [4.69, 9.17) is 0 Å². The van der Waals surface area contributed by atoms with E-state index in [0.717, 1.165) is 11.7 Å². The quantitative estimate of drug-likeness (QED) is 0.846. The molecule has 1 saturated carbocycles. The minimum atomic E-state index is 0.687. The molecule has 1 aliphatic rings. The van der Waals surface area contributed by atoms with Crippen molar-refractivity contribution < 1.29 is 0 Å². The molecule has 0 amide bonds. The molecule has 0 aliphatic heterocycles. The molecule has 0 bridgehead atoms. The number of rotatable bonds is 5. The molecule has 0 N–H and O–H groups in total. The molecule has 20 heavy (non-hydrogen) atoms. The first-order valence-electron chi connectivity index (χ1n) is 6.94. The summed E-state index contributed by atoms with van der Waals surface area (Å²) < 4.78 is 0. The molecule has 2 aromatic rings. The first kappa shape index (κ1) is 13.4. The topological polar surface area (TPSA) is 32.3 Å². The largest absolute Gasteiger partial charge is 0.378 e. The van der Waals surface area contributed by atoms with Gasteiger partial charge in [-0.25, -0.2) is 0 Å². The van der Waals surface area contributed by atoms with Crippen molar-refractivity contribution in [3.63, 3.8) is 0 Å². The summed E-state index contributed by atoms with van der Waals surface area (Å²) in [6.45, 7) is 0.862. The second-order valence-corrected chi connectivity index (χ2v) is 6.61. The van der Waals surface area contributed by atoms with Crippen molar-refractivity contribution >= 4 is 22.2 Å². The third-order valence-electron chi connectivity index (χ3n) is 3.53. The van der Waals surface area contributed by atoms with Gasteiger partial charge in [0.2, 0.25) is 5.13 Å². The second kappa shape index (κ2) is 5.40. The zero-order chi connectivity index (χ0) is 14.1. The van der Waals surface area contributed by atoms with Gasteiger partial charge in [-0.15, -0.1) is 10.2 Å². The Morgan fingerprint density at radius 3 is 2.70 bits per heavy atom. The van der Waals surface area contributed by atoms with Crippen molar-refractivity contribution in [3.05, 3.63) is 34.8 Å². The van der Waals surface area contributed by atoms with E-state index in [9.17, 15) is 0 Å².